The van der Waals surface area contributed by atoms with Crippen molar-refractivity contribution in [2.45, 2.75) is 18.2 Å². The number of ether oxygens (including phenoxy) is 1. The monoisotopic (exact) mass is 409 g/mol. The van der Waals surface area contributed by atoms with E-state index >= 15 is 0 Å². The minimum atomic E-state index is -3.57. The summed E-state index contributed by atoms with van der Waals surface area (Å²) < 4.78 is 29.1. The lowest BCUT2D eigenvalue weighted by atomic mass is 10.1. The van der Waals surface area contributed by atoms with E-state index in [0.29, 0.717) is 18.0 Å². The van der Waals surface area contributed by atoms with E-state index in [-0.39, 0.29) is 16.2 Å². The Morgan fingerprint density at radius 3 is 2.41 bits per heavy atom. The molecular weight excluding hydrogens is 390 g/mol. The van der Waals surface area contributed by atoms with E-state index in [0.717, 1.165) is 5.56 Å². The fraction of sp³-hybridized carbons (Fsp3) is 0.263. The molecule has 0 radical (unpaired) electrons. The predicted octanol–water partition coefficient (Wildman–Crippen LogP) is 2.65. The van der Waals surface area contributed by atoms with Gasteiger partial charge in [-0.05, 0) is 36.2 Å². The standard InChI is InChI=1S/C19H20ClNO5S/c1-2-27(24,25)17-6-4-3-5-16(17)19(23)26-13-18(22)21-12-11-14-7-9-15(20)10-8-14/h3-10H,2,11-13H2,1H3,(H,21,22). The van der Waals surface area contributed by atoms with Crippen LogP contribution in [0.2, 0.25) is 5.02 Å². The van der Waals surface area contributed by atoms with Gasteiger partial charge in [-0.25, -0.2) is 13.2 Å². The quantitative estimate of drug-likeness (QED) is 0.677. The highest BCUT2D eigenvalue weighted by atomic mass is 35.5. The van der Waals surface area contributed by atoms with E-state index in [4.69, 9.17) is 16.3 Å². The highest BCUT2D eigenvalue weighted by Crippen LogP contribution is 2.18. The van der Waals surface area contributed by atoms with E-state index in [1.165, 1.54) is 31.2 Å². The number of esters is 1. The molecule has 144 valence electrons. The van der Waals surface area contributed by atoms with Crippen molar-refractivity contribution in [2.75, 3.05) is 18.9 Å². The van der Waals surface area contributed by atoms with Crippen molar-refractivity contribution in [3.05, 3.63) is 64.7 Å². The molecule has 0 saturated carbocycles. The van der Waals surface area contributed by atoms with Gasteiger partial charge < -0.3 is 10.1 Å². The molecule has 0 heterocycles. The first-order valence-electron chi connectivity index (χ1n) is 8.33. The molecular formula is C19H20ClNO5S. The maximum Gasteiger partial charge on any atom is 0.339 e. The van der Waals surface area contributed by atoms with Crippen molar-refractivity contribution in [2.24, 2.45) is 0 Å². The second kappa shape index (κ2) is 9.53. The van der Waals surface area contributed by atoms with Crippen LogP contribution in [0.1, 0.15) is 22.8 Å². The molecule has 0 aliphatic carbocycles. The normalized spacial score (nSPS) is 11.0. The molecule has 2 rings (SSSR count). The number of amides is 1. The third-order valence-electron chi connectivity index (χ3n) is 3.81. The highest BCUT2D eigenvalue weighted by molar-refractivity contribution is 7.91. The van der Waals surface area contributed by atoms with Gasteiger partial charge in [0.1, 0.15) is 0 Å². The molecule has 0 bridgehead atoms. The lowest BCUT2D eigenvalue weighted by molar-refractivity contribution is -0.124. The molecule has 2 aromatic carbocycles. The van der Waals surface area contributed by atoms with Crippen LogP contribution in [0, 0.1) is 0 Å². The van der Waals surface area contributed by atoms with Crippen LogP contribution in [0.3, 0.4) is 0 Å². The van der Waals surface area contributed by atoms with Crippen LogP contribution in [-0.2, 0) is 25.8 Å². The van der Waals surface area contributed by atoms with Gasteiger partial charge in [-0.15, -0.1) is 0 Å². The van der Waals surface area contributed by atoms with Gasteiger partial charge >= 0.3 is 5.97 Å². The predicted molar refractivity (Wildman–Crippen MR) is 103 cm³/mol. The first-order chi connectivity index (χ1) is 12.8. The number of halogens is 1. The minimum absolute atomic E-state index is 0.0756. The highest BCUT2D eigenvalue weighted by Gasteiger charge is 2.22. The number of hydrogen-bond acceptors (Lipinski definition) is 5. The lowest BCUT2D eigenvalue weighted by Crippen LogP contribution is -2.30. The number of hydrogen-bond donors (Lipinski definition) is 1. The van der Waals surface area contributed by atoms with Crippen LogP contribution in [0.15, 0.2) is 53.4 Å². The number of rotatable bonds is 8. The third-order valence-corrected chi connectivity index (χ3v) is 5.84. The first-order valence-corrected chi connectivity index (χ1v) is 10.4. The second-order valence-electron chi connectivity index (χ2n) is 5.70. The molecule has 0 unspecified atom stereocenters. The summed E-state index contributed by atoms with van der Waals surface area (Å²) in [6.45, 7) is 1.38. The summed E-state index contributed by atoms with van der Waals surface area (Å²) in [5.74, 6) is -1.45. The first kappa shape index (κ1) is 20.9. The van der Waals surface area contributed by atoms with Gasteiger partial charge in [0.2, 0.25) is 0 Å². The number of benzene rings is 2. The molecule has 1 N–H and O–H groups in total. The van der Waals surface area contributed by atoms with Crippen LogP contribution in [0.5, 0.6) is 0 Å². The van der Waals surface area contributed by atoms with Gasteiger partial charge in [0.25, 0.3) is 5.91 Å². The SMILES string of the molecule is CCS(=O)(=O)c1ccccc1C(=O)OCC(=O)NCCc1ccc(Cl)cc1. The number of sulfone groups is 1. The van der Waals surface area contributed by atoms with Gasteiger partial charge in [0.05, 0.1) is 16.2 Å². The van der Waals surface area contributed by atoms with Gasteiger partial charge in [-0.3, -0.25) is 4.79 Å². The summed E-state index contributed by atoms with van der Waals surface area (Å²) in [6.07, 6.45) is 0.606. The van der Waals surface area contributed by atoms with Crippen molar-refractivity contribution in [1.82, 2.24) is 5.32 Å². The minimum Gasteiger partial charge on any atom is -0.452 e. The molecule has 0 saturated heterocycles. The molecule has 6 nitrogen and oxygen atoms in total. The van der Waals surface area contributed by atoms with E-state index in [9.17, 15) is 18.0 Å². The molecule has 1 amide bonds. The molecule has 27 heavy (non-hydrogen) atoms. The number of nitrogens with one attached hydrogen (secondary N) is 1. The maximum atomic E-state index is 12.2. The van der Waals surface area contributed by atoms with Gasteiger partial charge in [0.15, 0.2) is 16.4 Å². The van der Waals surface area contributed by atoms with Crippen LogP contribution in [-0.4, -0.2) is 39.2 Å². The molecule has 0 aliphatic heterocycles. The maximum absolute atomic E-state index is 12.2. The Balaban J connectivity index is 1.87. The average Bonchev–Trinajstić information content (AvgIpc) is 2.67. The van der Waals surface area contributed by atoms with Gasteiger partial charge in [-0.2, -0.15) is 0 Å². The third kappa shape index (κ3) is 6.08. The second-order valence-corrected chi connectivity index (χ2v) is 8.39. The summed E-state index contributed by atoms with van der Waals surface area (Å²) in [5, 5.41) is 3.28. The molecule has 8 heteroatoms. The summed E-state index contributed by atoms with van der Waals surface area (Å²) >= 11 is 5.81. The van der Waals surface area contributed by atoms with Crippen molar-refractivity contribution in [3.8, 4) is 0 Å². The zero-order valence-corrected chi connectivity index (χ0v) is 16.3. The van der Waals surface area contributed by atoms with Crippen LogP contribution in [0.25, 0.3) is 0 Å². The zero-order valence-electron chi connectivity index (χ0n) is 14.8. The molecule has 0 aromatic heterocycles. The number of carbonyl (C=O) groups excluding carboxylic acids is 2. The van der Waals surface area contributed by atoms with Crippen LogP contribution >= 0.6 is 11.6 Å². The van der Waals surface area contributed by atoms with Crippen molar-refractivity contribution >= 4 is 33.3 Å². The largest absolute Gasteiger partial charge is 0.452 e. The summed E-state index contributed by atoms with van der Waals surface area (Å²) in [5.41, 5.74) is 0.934. The molecule has 2 aromatic rings. The van der Waals surface area contributed by atoms with E-state index in [1.807, 2.05) is 12.1 Å². The summed E-state index contributed by atoms with van der Waals surface area (Å²) in [6, 6.07) is 13.0. The fourth-order valence-corrected chi connectivity index (χ4v) is 3.53. The van der Waals surface area contributed by atoms with Gasteiger partial charge in [0, 0.05) is 11.6 Å². The van der Waals surface area contributed by atoms with Crippen LogP contribution < -0.4 is 5.32 Å². The Bertz CT molecular complexity index is 910. The molecule has 0 spiro atoms. The Kier molecular flexibility index (Phi) is 7.38. The summed E-state index contributed by atoms with van der Waals surface area (Å²) in [4.78, 5) is 23.9. The fourth-order valence-electron chi connectivity index (χ4n) is 2.32. The Hall–Kier alpha value is -2.38. The van der Waals surface area contributed by atoms with E-state index < -0.39 is 28.3 Å². The Morgan fingerprint density at radius 2 is 1.74 bits per heavy atom. The number of carbonyl (C=O) groups is 2. The molecule has 0 aliphatic rings. The van der Waals surface area contributed by atoms with Crippen molar-refractivity contribution in [3.63, 3.8) is 0 Å². The van der Waals surface area contributed by atoms with E-state index in [1.54, 1.807) is 12.1 Å². The van der Waals surface area contributed by atoms with Crippen LogP contribution in [0.4, 0.5) is 0 Å². The topological polar surface area (TPSA) is 89.5 Å². The Morgan fingerprint density at radius 1 is 1.07 bits per heavy atom. The molecule has 0 fully saturated rings. The smallest absolute Gasteiger partial charge is 0.339 e. The van der Waals surface area contributed by atoms with Gasteiger partial charge in [-0.1, -0.05) is 42.8 Å². The van der Waals surface area contributed by atoms with Crippen molar-refractivity contribution < 1.29 is 22.7 Å². The van der Waals surface area contributed by atoms with E-state index in [2.05, 4.69) is 5.32 Å². The van der Waals surface area contributed by atoms with Crippen molar-refractivity contribution in [1.29, 1.82) is 0 Å². The lowest BCUT2D eigenvalue weighted by Gasteiger charge is -2.10. The zero-order chi connectivity index (χ0) is 19.9. The summed E-state index contributed by atoms with van der Waals surface area (Å²) in [7, 11) is -3.57. The molecule has 0 atom stereocenters. The average molecular weight is 410 g/mol. The Labute approximate surface area is 163 Å².